The minimum absolute atomic E-state index is 0.0151. The Balaban J connectivity index is 2.33. The molecule has 0 atom stereocenters. The molecule has 100 valence electrons. The normalized spacial score (nSPS) is 10.8. The highest BCUT2D eigenvalue weighted by Crippen LogP contribution is 2.31. The molecule has 2 rings (SSSR count). The van der Waals surface area contributed by atoms with Crippen molar-refractivity contribution in [1.29, 1.82) is 0 Å². The highest BCUT2D eigenvalue weighted by Gasteiger charge is 2.10. The minimum atomic E-state index is -2.89. The molecule has 0 aliphatic rings. The van der Waals surface area contributed by atoms with Gasteiger partial charge in [0.1, 0.15) is 5.75 Å². The number of rotatable bonds is 4. The lowest BCUT2D eigenvalue weighted by molar-refractivity contribution is -0.0497. The Labute approximate surface area is 123 Å². The predicted molar refractivity (Wildman–Crippen MR) is 76.2 cm³/mol. The Morgan fingerprint density at radius 1 is 1.05 bits per heavy atom. The topological polar surface area (TPSA) is 9.23 Å². The summed E-state index contributed by atoms with van der Waals surface area (Å²) in [5.74, 6) is -0.0151. The fourth-order valence-corrected chi connectivity index (χ4v) is 2.19. The molecule has 0 saturated carbocycles. The number of benzene rings is 2. The van der Waals surface area contributed by atoms with Crippen molar-refractivity contribution in [2.45, 2.75) is 11.9 Å². The molecule has 0 bridgehead atoms. The van der Waals surface area contributed by atoms with Crippen molar-refractivity contribution in [2.75, 3.05) is 0 Å². The molecule has 0 aliphatic heterocycles. The summed E-state index contributed by atoms with van der Waals surface area (Å²) < 4.78 is 28.9. The first-order valence-corrected chi connectivity index (χ1v) is 6.99. The quantitative estimate of drug-likeness (QED) is 0.663. The van der Waals surface area contributed by atoms with E-state index in [1.54, 1.807) is 12.1 Å². The first kappa shape index (κ1) is 14.3. The zero-order valence-electron chi connectivity index (χ0n) is 9.75. The van der Waals surface area contributed by atoms with E-state index >= 15 is 0 Å². The van der Waals surface area contributed by atoms with Crippen LogP contribution in [0.4, 0.5) is 8.78 Å². The number of hydrogen-bond acceptors (Lipinski definition) is 1. The lowest BCUT2D eigenvalue weighted by Crippen LogP contribution is -2.02. The predicted octanol–water partition coefficient (Wildman–Crippen LogP) is 5.50. The lowest BCUT2D eigenvalue weighted by atomic mass is 10.0. The molecular weight excluding hydrogens is 338 g/mol. The molecule has 0 unspecified atom stereocenters. The van der Waals surface area contributed by atoms with E-state index in [9.17, 15) is 8.78 Å². The third kappa shape index (κ3) is 3.67. The number of ether oxygens (including phenoxy) is 1. The summed E-state index contributed by atoms with van der Waals surface area (Å²) in [6.45, 7) is -2.89. The van der Waals surface area contributed by atoms with Gasteiger partial charge in [0, 0.05) is 5.33 Å². The zero-order valence-corrected chi connectivity index (χ0v) is 12.1. The number of alkyl halides is 3. The summed E-state index contributed by atoms with van der Waals surface area (Å²) in [5.41, 5.74) is 2.84. The molecule has 0 aromatic heterocycles. The molecule has 0 N–H and O–H groups in total. The molecule has 0 radical (unpaired) electrons. The van der Waals surface area contributed by atoms with Gasteiger partial charge in [0.2, 0.25) is 0 Å². The molecular formula is C14H10BrClF2O. The van der Waals surface area contributed by atoms with Gasteiger partial charge < -0.3 is 4.74 Å². The van der Waals surface area contributed by atoms with Crippen molar-refractivity contribution in [1.82, 2.24) is 0 Å². The molecule has 19 heavy (non-hydrogen) atoms. The van der Waals surface area contributed by atoms with E-state index in [1.807, 2.05) is 24.3 Å². The standard InChI is InChI=1S/C14H10BrClF2O/c15-8-9-1-3-10(4-2-9)11-5-6-12(16)13(7-11)19-14(17)18/h1-7,14H,8H2. The van der Waals surface area contributed by atoms with Gasteiger partial charge in [-0.05, 0) is 28.8 Å². The summed E-state index contributed by atoms with van der Waals surface area (Å²) in [7, 11) is 0. The molecule has 5 heteroatoms. The first-order chi connectivity index (χ1) is 9.10. The maximum atomic E-state index is 12.2. The van der Waals surface area contributed by atoms with Gasteiger partial charge in [0.15, 0.2) is 0 Å². The Morgan fingerprint density at radius 2 is 1.68 bits per heavy atom. The average Bonchev–Trinajstić information content (AvgIpc) is 2.41. The summed E-state index contributed by atoms with van der Waals surface area (Å²) in [4.78, 5) is 0. The van der Waals surface area contributed by atoms with E-state index in [4.69, 9.17) is 11.6 Å². The second-order valence-corrected chi connectivity index (χ2v) is 4.82. The van der Waals surface area contributed by atoms with Gasteiger partial charge in [-0.15, -0.1) is 0 Å². The second-order valence-electron chi connectivity index (χ2n) is 3.85. The highest BCUT2D eigenvalue weighted by atomic mass is 79.9. The Kier molecular flexibility index (Phi) is 4.77. The zero-order chi connectivity index (χ0) is 13.8. The largest absolute Gasteiger partial charge is 0.433 e. The van der Waals surface area contributed by atoms with Gasteiger partial charge in [0.05, 0.1) is 5.02 Å². The van der Waals surface area contributed by atoms with Gasteiger partial charge in [-0.2, -0.15) is 8.78 Å². The monoisotopic (exact) mass is 346 g/mol. The van der Waals surface area contributed by atoms with Crippen LogP contribution < -0.4 is 4.74 Å². The van der Waals surface area contributed by atoms with Crippen LogP contribution in [0, 0.1) is 0 Å². The third-order valence-corrected chi connectivity index (χ3v) is 3.55. The molecule has 0 heterocycles. The molecule has 0 saturated heterocycles. The van der Waals surface area contributed by atoms with Crippen LogP contribution in [0.5, 0.6) is 5.75 Å². The van der Waals surface area contributed by atoms with Crippen LogP contribution >= 0.6 is 27.5 Å². The van der Waals surface area contributed by atoms with Crippen LogP contribution in [-0.2, 0) is 5.33 Å². The molecule has 2 aromatic rings. The van der Waals surface area contributed by atoms with E-state index in [0.29, 0.717) is 0 Å². The fraction of sp³-hybridized carbons (Fsp3) is 0.143. The van der Waals surface area contributed by atoms with E-state index < -0.39 is 6.61 Å². The van der Waals surface area contributed by atoms with Crippen molar-refractivity contribution in [3.63, 3.8) is 0 Å². The fourth-order valence-electron chi connectivity index (χ4n) is 1.66. The van der Waals surface area contributed by atoms with Crippen molar-refractivity contribution in [3.8, 4) is 16.9 Å². The molecule has 1 nitrogen and oxygen atoms in total. The maximum Gasteiger partial charge on any atom is 0.387 e. The summed E-state index contributed by atoms with van der Waals surface area (Å²) in [6, 6.07) is 12.6. The first-order valence-electron chi connectivity index (χ1n) is 5.50. The van der Waals surface area contributed by atoms with Crippen molar-refractivity contribution < 1.29 is 13.5 Å². The Hall–Kier alpha value is -1.13. The maximum absolute atomic E-state index is 12.2. The van der Waals surface area contributed by atoms with Crippen LogP contribution in [0.1, 0.15) is 5.56 Å². The highest BCUT2D eigenvalue weighted by molar-refractivity contribution is 9.08. The van der Waals surface area contributed by atoms with Crippen molar-refractivity contribution >= 4 is 27.5 Å². The second kappa shape index (κ2) is 6.35. The van der Waals surface area contributed by atoms with E-state index in [0.717, 1.165) is 22.0 Å². The SMILES string of the molecule is FC(F)Oc1cc(-c2ccc(CBr)cc2)ccc1Cl. The molecule has 0 spiro atoms. The van der Waals surface area contributed by atoms with Crippen LogP contribution in [0.2, 0.25) is 5.02 Å². The smallest absolute Gasteiger partial charge is 0.387 e. The molecule has 0 aliphatic carbocycles. The summed E-state index contributed by atoms with van der Waals surface area (Å²) >= 11 is 9.18. The summed E-state index contributed by atoms with van der Waals surface area (Å²) in [5, 5.41) is 0.939. The van der Waals surface area contributed by atoms with Crippen LogP contribution in [0.15, 0.2) is 42.5 Å². The van der Waals surface area contributed by atoms with Crippen LogP contribution in [0.3, 0.4) is 0 Å². The molecule has 0 amide bonds. The van der Waals surface area contributed by atoms with E-state index in [2.05, 4.69) is 20.7 Å². The molecule has 0 fully saturated rings. The van der Waals surface area contributed by atoms with Gasteiger partial charge >= 0.3 is 6.61 Å². The molecule has 2 aromatic carbocycles. The Bertz CT molecular complexity index is 558. The van der Waals surface area contributed by atoms with Gasteiger partial charge in [-0.3, -0.25) is 0 Å². The lowest BCUT2D eigenvalue weighted by Gasteiger charge is -2.09. The Morgan fingerprint density at radius 3 is 2.26 bits per heavy atom. The van der Waals surface area contributed by atoms with Crippen LogP contribution in [0.25, 0.3) is 11.1 Å². The average molecular weight is 348 g/mol. The van der Waals surface area contributed by atoms with E-state index in [1.165, 1.54) is 6.07 Å². The third-order valence-electron chi connectivity index (χ3n) is 2.59. The minimum Gasteiger partial charge on any atom is -0.433 e. The van der Waals surface area contributed by atoms with Gasteiger partial charge in [-0.25, -0.2) is 0 Å². The van der Waals surface area contributed by atoms with Gasteiger partial charge in [-0.1, -0.05) is 57.9 Å². The van der Waals surface area contributed by atoms with Gasteiger partial charge in [0.25, 0.3) is 0 Å². The number of hydrogen-bond donors (Lipinski definition) is 0. The number of halogens is 4. The van der Waals surface area contributed by atoms with E-state index in [-0.39, 0.29) is 10.8 Å². The van der Waals surface area contributed by atoms with Crippen molar-refractivity contribution in [3.05, 3.63) is 53.1 Å². The van der Waals surface area contributed by atoms with Crippen LogP contribution in [-0.4, -0.2) is 6.61 Å². The van der Waals surface area contributed by atoms with Crippen molar-refractivity contribution in [2.24, 2.45) is 0 Å². The summed E-state index contributed by atoms with van der Waals surface area (Å²) in [6.07, 6.45) is 0.